The smallest absolute Gasteiger partial charge is 0.387 e. The SMILES string of the molecule is COc1cc(C(=O)O[C@@H](C)C(=O)NC2CC2)ccc1OC(F)F. The van der Waals surface area contributed by atoms with E-state index in [0.717, 1.165) is 12.8 Å². The van der Waals surface area contributed by atoms with Gasteiger partial charge in [0.15, 0.2) is 17.6 Å². The minimum absolute atomic E-state index is 0.0326. The molecule has 1 aliphatic rings. The molecular weight excluding hydrogens is 312 g/mol. The van der Waals surface area contributed by atoms with Crippen molar-refractivity contribution in [2.24, 2.45) is 0 Å². The highest BCUT2D eigenvalue weighted by Crippen LogP contribution is 2.29. The van der Waals surface area contributed by atoms with Gasteiger partial charge in [-0.15, -0.1) is 0 Å². The number of carbonyl (C=O) groups excluding carboxylic acids is 2. The molecule has 8 heteroatoms. The zero-order valence-corrected chi connectivity index (χ0v) is 12.7. The Morgan fingerprint density at radius 3 is 2.52 bits per heavy atom. The number of halogens is 2. The highest BCUT2D eigenvalue weighted by Gasteiger charge is 2.27. The van der Waals surface area contributed by atoms with Crippen molar-refractivity contribution in [3.8, 4) is 11.5 Å². The van der Waals surface area contributed by atoms with Gasteiger partial charge in [0.05, 0.1) is 12.7 Å². The van der Waals surface area contributed by atoms with Crippen LogP contribution in [0.2, 0.25) is 0 Å². The van der Waals surface area contributed by atoms with Crippen LogP contribution < -0.4 is 14.8 Å². The first kappa shape index (κ1) is 17.0. The van der Waals surface area contributed by atoms with E-state index < -0.39 is 18.7 Å². The van der Waals surface area contributed by atoms with E-state index in [4.69, 9.17) is 9.47 Å². The van der Waals surface area contributed by atoms with Crippen LogP contribution in [0.5, 0.6) is 11.5 Å². The van der Waals surface area contributed by atoms with Crippen LogP contribution in [-0.4, -0.2) is 37.7 Å². The lowest BCUT2D eigenvalue weighted by atomic mass is 10.2. The van der Waals surface area contributed by atoms with Crippen LogP contribution in [-0.2, 0) is 9.53 Å². The van der Waals surface area contributed by atoms with Gasteiger partial charge in [0.1, 0.15) is 0 Å². The highest BCUT2D eigenvalue weighted by atomic mass is 19.3. The summed E-state index contributed by atoms with van der Waals surface area (Å²) in [5.74, 6) is -1.36. The van der Waals surface area contributed by atoms with Crippen molar-refractivity contribution in [3.05, 3.63) is 23.8 Å². The van der Waals surface area contributed by atoms with E-state index >= 15 is 0 Å². The van der Waals surface area contributed by atoms with Crippen molar-refractivity contribution in [2.75, 3.05) is 7.11 Å². The lowest BCUT2D eigenvalue weighted by Gasteiger charge is -2.14. The number of alkyl halides is 2. The van der Waals surface area contributed by atoms with Crippen molar-refractivity contribution in [3.63, 3.8) is 0 Å². The molecule has 1 saturated carbocycles. The molecule has 1 atom stereocenters. The summed E-state index contributed by atoms with van der Waals surface area (Å²) in [4.78, 5) is 23.8. The third-order valence-electron chi connectivity index (χ3n) is 3.19. The van der Waals surface area contributed by atoms with Gasteiger partial charge in [-0.2, -0.15) is 8.78 Å². The van der Waals surface area contributed by atoms with Gasteiger partial charge in [-0.05, 0) is 38.0 Å². The highest BCUT2D eigenvalue weighted by molar-refractivity contribution is 5.93. The summed E-state index contributed by atoms with van der Waals surface area (Å²) < 4.78 is 38.7. The molecule has 0 heterocycles. The Hall–Kier alpha value is -2.38. The summed E-state index contributed by atoms with van der Waals surface area (Å²) in [6, 6.07) is 3.81. The fourth-order valence-electron chi connectivity index (χ4n) is 1.82. The van der Waals surface area contributed by atoms with E-state index in [-0.39, 0.29) is 29.0 Å². The fourth-order valence-corrected chi connectivity index (χ4v) is 1.82. The van der Waals surface area contributed by atoms with Gasteiger partial charge in [0.2, 0.25) is 0 Å². The van der Waals surface area contributed by atoms with E-state index in [1.165, 1.54) is 32.2 Å². The summed E-state index contributed by atoms with van der Waals surface area (Å²) in [6.07, 6.45) is 0.899. The maximum atomic E-state index is 12.3. The molecule has 1 aromatic rings. The molecule has 0 saturated heterocycles. The number of hydrogen-bond acceptors (Lipinski definition) is 5. The largest absolute Gasteiger partial charge is 0.493 e. The normalized spacial score (nSPS) is 15.0. The molecule has 0 unspecified atom stereocenters. The molecule has 0 aliphatic heterocycles. The average Bonchev–Trinajstić information content (AvgIpc) is 3.30. The van der Waals surface area contributed by atoms with E-state index in [1.807, 2.05) is 0 Å². The zero-order chi connectivity index (χ0) is 17.0. The Morgan fingerprint density at radius 2 is 1.96 bits per heavy atom. The molecule has 0 radical (unpaired) electrons. The summed E-state index contributed by atoms with van der Waals surface area (Å²) in [5, 5.41) is 2.72. The maximum absolute atomic E-state index is 12.3. The molecule has 0 spiro atoms. The lowest BCUT2D eigenvalue weighted by molar-refractivity contribution is -0.129. The van der Waals surface area contributed by atoms with E-state index in [1.54, 1.807) is 0 Å². The van der Waals surface area contributed by atoms with E-state index in [2.05, 4.69) is 10.1 Å². The Balaban J connectivity index is 2.01. The van der Waals surface area contributed by atoms with Crippen molar-refractivity contribution in [1.29, 1.82) is 0 Å². The third kappa shape index (κ3) is 4.80. The number of benzene rings is 1. The van der Waals surface area contributed by atoms with Gasteiger partial charge in [-0.25, -0.2) is 4.79 Å². The average molecular weight is 329 g/mol. The van der Waals surface area contributed by atoms with Crippen LogP contribution >= 0.6 is 0 Å². The first-order chi connectivity index (χ1) is 10.9. The molecule has 6 nitrogen and oxygen atoms in total. The number of nitrogens with one attached hydrogen (secondary N) is 1. The molecule has 1 amide bonds. The third-order valence-corrected chi connectivity index (χ3v) is 3.19. The van der Waals surface area contributed by atoms with E-state index in [0.29, 0.717) is 0 Å². The van der Waals surface area contributed by atoms with Gasteiger partial charge >= 0.3 is 12.6 Å². The second-order valence-electron chi connectivity index (χ2n) is 5.07. The topological polar surface area (TPSA) is 73.9 Å². The molecule has 0 bridgehead atoms. The minimum atomic E-state index is -3.01. The molecule has 1 fully saturated rings. The fraction of sp³-hybridized carbons (Fsp3) is 0.467. The molecule has 1 N–H and O–H groups in total. The molecule has 1 aromatic carbocycles. The number of amides is 1. The summed E-state index contributed by atoms with van der Waals surface area (Å²) >= 11 is 0. The van der Waals surface area contributed by atoms with Crippen LogP contribution in [0.25, 0.3) is 0 Å². The number of methoxy groups -OCH3 is 1. The molecular formula is C15H17F2NO5. The van der Waals surface area contributed by atoms with Gasteiger partial charge in [-0.3, -0.25) is 4.79 Å². The number of rotatable bonds is 7. The van der Waals surface area contributed by atoms with Gasteiger partial charge in [0, 0.05) is 6.04 Å². The molecule has 1 aliphatic carbocycles. The van der Waals surface area contributed by atoms with Crippen LogP contribution in [0.3, 0.4) is 0 Å². The predicted molar refractivity (Wildman–Crippen MR) is 75.7 cm³/mol. The second-order valence-corrected chi connectivity index (χ2v) is 5.07. The summed E-state index contributed by atoms with van der Waals surface area (Å²) in [6.45, 7) is -1.55. The van der Waals surface area contributed by atoms with Crippen molar-refractivity contribution < 1.29 is 32.6 Å². The van der Waals surface area contributed by atoms with Crippen molar-refractivity contribution >= 4 is 11.9 Å². The van der Waals surface area contributed by atoms with Crippen molar-refractivity contribution in [2.45, 2.75) is 38.5 Å². The van der Waals surface area contributed by atoms with E-state index in [9.17, 15) is 18.4 Å². The molecule has 2 rings (SSSR count). The Bertz CT molecular complexity index is 589. The Morgan fingerprint density at radius 1 is 1.26 bits per heavy atom. The van der Waals surface area contributed by atoms with Gasteiger partial charge < -0.3 is 19.5 Å². The number of ether oxygens (including phenoxy) is 3. The van der Waals surface area contributed by atoms with Gasteiger partial charge in [0.25, 0.3) is 5.91 Å². The minimum Gasteiger partial charge on any atom is -0.493 e. The van der Waals surface area contributed by atoms with Crippen LogP contribution in [0.15, 0.2) is 18.2 Å². The predicted octanol–water partition coefficient (Wildman–Crippen LogP) is 2.12. The molecule has 23 heavy (non-hydrogen) atoms. The van der Waals surface area contributed by atoms with Crippen LogP contribution in [0, 0.1) is 0 Å². The van der Waals surface area contributed by atoms with Crippen LogP contribution in [0.1, 0.15) is 30.1 Å². The molecule has 0 aromatic heterocycles. The summed E-state index contributed by atoms with van der Waals surface area (Å²) in [5.41, 5.74) is 0.0644. The quantitative estimate of drug-likeness (QED) is 0.776. The Kier molecular flexibility index (Phi) is 5.36. The first-order valence-corrected chi connectivity index (χ1v) is 7.05. The van der Waals surface area contributed by atoms with Gasteiger partial charge in [-0.1, -0.05) is 0 Å². The lowest BCUT2D eigenvalue weighted by Crippen LogP contribution is -2.37. The monoisotopic (exact) mass is 329 g/mol. The molecule has 126 valence electrons. The Labute approximate surface area is 131 Å². The zero-order valence-electron chi connectivity index (χ0n) is 12.7. The summed E-state index contributed by atoms with van der Waals surface area (Å²) in [7, 11) is 1.26. The number of carbonyl (C=O) groups is 2. The van der Waals surface area contributed by atoms with Crippen LogP contribution in [0.4, 0.5) is 8.78 Å². The second kappa shape index (κ2) is 7.26. The number of hydrogen-bond donors (Lipinski definition) is 1. The standard InChI is InChI=1S/C15H17F2NO5/c1-8(13(19)18-10-4-5-10)22-14(20)9-3-6-11(23-15(16)17)12(7-9)21-2/h3,6-8,10,15H,4-5H2,1-2H3,(H,18,19)/t8-/m0/s1. The maximum Gasteiger partial charge on any atom is 0.387 e. The number of esters is 1. The first-order valence-electron chi connectivity index (χ1n) is 7.05. The van der Waals surface area contributed by atoms with Crippen molar-refractivity contribution in [1.82, 2.24) is 5.32 Å².